The lowest BCUT2D eigenvalue weighted by Gasteiger charge is -2.09. The lowest BCUT2D eigenvalue weighted by Crippen LogP contribution is -2.35. The van der Waals surface area contributed by atoms with Crippen LogP contribution in [0.1, 0.15) is 0 Å². The van der Waals surface area contributed by atoms with Crippen LogP contribution in [0.5, 0.6) is 0 Å². The molecule has 0 aromatic heterocycles. The molecule has 1 aromatic rings. The molecule has 1 unspecified atom stereocenters. The highest BCUT2D eigenvalue weighted by atomic mass is 19.1. The number of carbonyl (C=O) groups is 1. The van der Waals surface area contributed by atoms with Gasteiger partial charge in [0.05, 0.1) is 19.3 Å². The Hall–Kier alpha value is -1.50. The molecule has 1 rings (SSSR count). The van der Waals surface area contributed by atoms with Crippen LogP contribution in [0.3, 0.4) is 0 Å². The van der Waals surface area contributed by atoms with Crippen molar-refractivity contribution in [2.24, 2.45) is 0 Å². The molecular weight excluding hydrogens is 227 g/mol. The fourth-order valence-electron chi connectivity index (χ4n) is 1.19. The van der Waals surface area contributed by atoms with Gasteiger partial charge < -0.3 is 20.8 Å². The Morgan fingerprint density at radius 2 is 2.24 bits per heavy atom. The van der Waals surface area contributed by atoms with Gasteiger partial charge in [0.25, 0.3) is 0 Å². The monoisotopic (exact) mass is 242 g/mol. The zero-order valence-electron chi connectivity index (χ0n) is 9.19. The fourth-order valence-corrected chi connectivity index (χ4v) is 1.19. The van der Waals surface area contributed by atoms with Gasteiger partial charge in [0.2, 0.25) is 5.91 Å². The quantitative estimate of drug-likeness (QED) is 0.552. The summed E-state index contributed by atoms with van der Waals surface area (Å²) in [6, 6.07) is 5.56. The van der Waals surface area contributed by atoms with Crippen molar-refractivity contribution < 1.29 is 19.4 Å². The highest BCUT2D eigenvalue weighted by Gasteiger charge is 2.05. The Labute approximate surface area is 98.3 Å². The largest absolute Gasteiger partial charge is 0.394 e. The van der Waals surface area contributed by atoms with Gasteiger partial charge in [0.1, 0.15) is 5.82 Å². The van der Waals surface area contributed by atoms with Gasteiger partial charge in [-0.05, 0) is 18.2 Å². The Balaban J connectivity index is 2.30. The molecule has 0 spiro atoms. The van der Waals surface area contributed by atoms with E-state index in [1.165, 1.54) is 18.2 Å². The summed E-state index contributed by atoms with van der Waals surface area (Å²) in [5.74, 6) is -0.771. The van der Waals surface area contributed by atoms with Gasteiger partial charge >= 0.3 is 0 Å². The molecule has 0 radical (unpaired) electrons. The van der Waals surface area contributed by atoms with E-state index in [-0.39, 0.29) is 25.6 Å². The molecule has 0 bridgehead atoms. The van der Waals surface area contributed by atoms with Crippen molar-refractivity contribution >= 4 is 11.6 Å². The van der Waals surface area contributed by atoms with E-state index in [2.05, 4.69) is 10.6 Å². The third kappa shape index (κ3) is 5.39. The van der Waals surface area contributed by atoms with Gasteiger partial charge in [-0.2, -0.15) is 0 Å². The summed E-state index contributed by atoms with van der Waals surface area (Å²) >= 11 is 0. The Morgan fingerprint density at radius 3 is 2.88 bits per heavy atom. The third-order valence-corrected chi connectivity index (χ3v) is 1.98. The van der Waals surface area contributed by atoms with Crippen molar-refractivity contribution in [3.8, 4) is 0 Å². The minimum absolute atomic E-state index is 0.0203. The molecule has 17 heavy (non-hydrogen) atoms. The topological polar surface area (TPSA) is 81.6 Å². The summed E-state index contributed by atoms with van der Waals surface area (Å²) in [5, 5.41) is 22.7. The second kappa shape index (κ2) is 6.95. The molecule has 0 heterocycles. The Bertz CT molecular complexity index is 373. The zero-order chi connectivity index (χ0) is 12.7. The van der Waals surface area contributed by atoms with Gasteiger partial charge in [0, 0.05) is 12.2 Å². The fraction of sp³-hybridized carbons (Fsp3) is 0.364. The second-order valence-electron chi connectivity index (χ2n) is 3.53. The van der Waals surface area contributed by atoms with E-state index in [4.69, 9.17) is 10.2 Å². The van der Waals surface area contributed by atoms with Crippen LogP contribution in [-0.2, 0) is 4.79 Å². The molecule has 4 N–H and O–H groups in total. The summed E-state index contributed by atoms with van der Waals surface area (Å²) in [5.41, 5.74) is 0.375. The maximum atomic E-state index is 12.8. The number of hydrogen-bond donors (Lipinski definition) is 4. The number of hydrogen-bond acceptors (Lipinski definition) is 4. The van der Waals surface area contributed by atoms with Crippen LogP contribution in [0, 0.1) is 5.82 Å². The van der Waals surface area contributed by atoms with Crippen LogP contribution in [-0.4, -0.2) is 41.9 Å². The summed E-state index contributed by atoms with van der Waals surface area (Å²) in [6.45, 7) is -0.265. The van der Waals surface area contributed by atoms with E-state index >= 15 is 0 Å². The van der Waals surface area contributed by atoms with E-state index in [0.29, 0.717) is 5.69 Å². The van der Waals surface area contributed by atoms with Crippen LogP contribution in [0.25, 0.3) is 0 Å². The first kappa shape index (κ1) is 13.6. The molecule has 5 nitrogen and oxygen atoms in total. The normalized spacial score (nSPS) is 12.2. The molecule has 1 atom stereocenters. The Morgan fingerprint density at radius 1 is 1.47 bits per heavy atom. The highest BCUT2D eigenvalue weighted by molar-refractivity contribution is 5.92. The van der Waals surface area contributed by atoms with Crippen molar-refractivity contribution in [3.63, 3.8) is 0 Å². The van der Waals surface area contributed by atoms with Gasteiger partial charge in [-0.1, -0.05) is 6.07 Å². The molecule has 0 aliphatic carbocycles. The predicted molar refractivity (Wildman–Crippen MR) is 61.0 cm³/mol. The SMILES string of the molecule is O=C(CNCC(O)CO)Nc1cccc(F)c1. The number of benzene rings is 1. The summed E-state index contributed by atoms with van der Waals surface area (Å²) < 4.78 is 12.8. The van der Waals surface area contributed by atoms with Crippen molar-refractivity contribution in [2.75, 3.05) is 25.0 Å². The molecule has 0 saturated heterocycles. The number of amides is 1. The Kier molecular flexibility index (Phi) is 5.55. The lowest BCUT2D eigenvalue weighted by molar-refractivity contribution is -0.115. The molecule has 1 aromatic carbocycles. The molecule has 0 fully saturated rings. The number of aliphatic hydroxyl groups is 2. The number of nitrogens with one attached hydrogen (secondary N) is 2. The second-order valence-corrected chi connectivity index (χ2v) is 3.53. The summed E-state index contributed by atoms with van der Waals surface area (Å²) in [6.07, 6.45) is -0.892. The number of carbonyl (C=O) groups excluding carboxylic acids is 1. The number of aliphatic hydroxyl groups excluding tert-OH is 2. The van der Waals surface area contributed by atoms with Crippen LogP contribution in [0.4, 0.5) is 10.1 Å². The van der Waals surface area contributed by atoms with E-state index < -0.39 is 11.9 Å². The van der Waals surface area contributed by atoms with Crippen molar-refractivity contribution in [2.45, 2.75) is 6.10 Å². The maximum Gasteiger partial charge on any atom is 0.238 e. The van der Waals surface area contributed by atoms with Crippen LogP contribution >= 0.6 is 0 Å². The first-order valence-electron chi connectivity index (χ1n) is 5.17. The van der Waals surface area contributed by atoms with Crippen LogP contribution in [0.2, 0.25) is 0 Å². The smallest absolute Gasteiger partial charge is 0.238 e. The van der Waals surface area contributed by atoms with Gasteiger partial charge in [-0.25, -0.2) is 4.39 Å². The van der Waals surface area contributed by atoms with Gasteiger partial charge in [0.15, 0.2) is 0 Å². The van der Waals surface area contributed by atoms with Crippen LogP contribution < -0.4 is 10.6 Å². The van der Waals surface area contributed by atoms with E-state index in [9.17, 15) is 9.18 Å². The molecular formula is C11H15FN2O3. The summed E-state index contributed by atoms with van der Waals surface area (Å²) in [7, 11) is 0. The van der Waals surface area contributed by atoms with Gasteiger partial charge in [-0.3, -0.25) is 4.79 Å². The molecule has 0 aliphatic rings. The van der Waals surface area contributed by atoms with E-state index in [0.717, 1.165) is 0 Å². The number of rotatable bonds is 6. The predicted octanol–water partition coefficient (Wildman–Crippen LogP) is -0.293. The lowest BCUT2D eigenvalue weighted by atomic mass is 10.3. The summed E-state index contributed by atoms with van der Waals surface area (Å²) in [4.78, 5) is 11.4. The highest BCUT2D eigenvalue weighted by Crippen LogP contribution is 2.08. The van der Waals surface area contributed by atoms with Crippen LogP contribution in [0.15, 0.2) is 24.3 Å². The van der Waals surface area contributed by atoms with Gasteiger partial charge in [-0.15, -0.1) is 0 Å². The first-order valence-corrected chi connectivity index (χ1v) is 5.17. The molecule has 6 heteroatoms. The maximum absolute atomic E-state index is 12.8. The molecule has 0 aliphatic heterocycles. The average molecular weight is 242 g/mol. The number of halogens is 1. The van der Waals surface area contributed by atoms with E-state index in [1.807, 2.05) is 0 Å². The number of anilines is 1. The average Bonchev–Trinajstić information content (AvgIpc) is 2.28. The third-order valence-electron chi connectivity index (χ3n) is 1.98. The molecule has 1 amide bonds. The van der Waals surface area contributed by atoms with E-state index in [1.54, 1.807) is 6.07 Å². The standard InChI is InChI=1S/C11H15FN2O3/c12-8-2-1-3-9(4-8)14-11(17)6-13-5-10(16)7-15/h1-4,10,13,15-16H,5-7H2,(H,14,17). The van der Waals surface area contributed by atoms with Crippen molar-refractivity contribution in [3.05, 3.63) is 30.1 Å². The van der Waals surface area contributed by atoms with Crippen molar-refractivity contribution in [1.82, 2.24) is 5.32 Å². The minimum Gasteiger partial charge on any atom is -0.394 e. The molecule has 0 saturated carbocycles. The zero-order valence-corrected chi connectivity index (χ0v) is 9.19. The first-order chi connectivity index (χ1) is 8.11. The minimum atomic E-state index is -0.892. The molecule has 94 valence electrons. The van der Waals surface area contributed by atoms with Crippen molar-refractivity contribution in [1.29, 1.82) is 0 Å².